The largest absolute Gasteiger partial charge is 0.310 e. The van der Waals surface area contributed by atoms with Gasteiger partial charge in [-0.3, -0.25) is 5.10 Å². The summed E-state index contributed by atoms with van der Waals surface area (Å²) in [6, 6.07) is 7.10. The van der Waals surface area contributed by atoms with Crippen molar-refractivity contribution in [2.75, 3.05) is 6.54 Å². The molecule has 2 heterocycles. The minimum atomic E-state index is 0.517. The highest BCUT2D eigenvalue weighted by Crippen LogP contribution is 2.27. The zero-order chi connectivity index (χ0) is 11.0. The summed E-state index contributed by atoms with van der Waals surface area (Å²) < 4.78 is 0. The molecule has 3 rings (SSSR count). The second-order valence-electron chi connectivity index (χ2n) is 4.86. The van der Waals surface area contributed by atoms with E-state index in [0.717, 1.165) is 18.0 Å². The van der Waals surface area contributed by atoms with Crippen LogP contribution in [0.25, 0.3) is 10.9 Å². The number of aromatic amines is 1. The van der Waals surface area contributed by atoms with E-state index in [-0.39, 0.29) is 0 Å². The van der Waals surface area contributed by atoms with Crippen LogP contribution in [0.2, 0.25) is 0 Å². The van der Waals surface area contributed by atoms with Gasteiger partial charge in [0.15, 0.2) is 0 Å². The van der Waals surface area contributed by atoms with E-state index < -0.39 is 0 Å². The maximum atomic E-state index is 4.05. The predicted molar refractivity (Wildman–Crippen MR) is 65.2 cm³/mol. The predicted octanol–water partition coefficient (Wildman–Crippen LogP) is 2.62. The van der Waals surface area contributed by atoms with Crippen LogP contribution < -0.4 is 5.32 Å². The Kier molecular flexibility index (Phi) is 2.40. The van der Waals surface area contributed by atoms with E-state index in [2.05, 4.69) is 40.6 Å². The maximum absolute atomic E-state index is 4.05. The highest BCUT2D eigenvalue weighted by Gasteiger charge is 2.18. The third-order valence-corrected chi connectivity index (χ3v) is 3.53. The molecule has 0 bridgehead atoms. The van der Waals surface area contributed by atoms with Crippen molar-refractivity contribution in [1.82, 2.24) is 15.5 Å². The normalized spacial score (nSPS) is 26.1. The quantitative estimate of drug-likeness (QED) is 0.767. The standard InChI is InChI=1S/C13H17N3/c1-9-2-5-12(14-7-9)10-3-4-11-8-15-16-13(11)6-10/h3-4,6,8-9,12,14H,2,5,7H2,1H3,(H,15,16)/t9-,12+/m0/s1. The van der Waals surface area contributed by atoms with Gasteiger partial charge in [-0.15, -0.1) is 0 Å². The Morgan fingerprint density at radius 3 is 3.06 bits per heavy atom. The fraction of sp³-hybridized carbons (Fsp3) is 0.462. The van der Waals surface area contributed by atoms with Crippen molar-refractivity contribution in [1.29, 1.82) is 0 Å². The summed E-state index contributed by atoms with van der Waals surface area (Å²) in [5.74, 6) is 0.812. The van der Waals surface area contributed by atoms with E-state index >= 15 is 0 Å². The first-order chi connectivity index (χ1) is 7.83. The molecule has 2 N–H and O–H groups in total. The lowest BCUT2D eigenvalue weighted by molar-refractivity contribution is 0.333. The fourth-order valence-electron chi connectivity index (χ4n) is 2.45. The van der Waals surface area contributed by atoms with E-state index in [1.54, 1.807) is 0 Å². The van der Waals surface area contributed by atoms with Crippen molar-refractivity contribution < 1.29 is 0 Å². The number of fused-ring (bicyclic) bond motifs is 1. The lowest BCUT2D eigenvalue weighted by Gasteiger charge is -2.28. The Hall–Kier alpha value is -1.35. The number of rotatable bonds is 1. The maximum Gasteiger partial charge on any atom is 0.0653 e. The van der Waals surface area contributed by atoms with Crippen molar-refractivity contribution in [2.24, 2.45) is 5.92 Å². The molecule has 0 aliphatic carbocycles. The summed E-state index contributed by atoms with van der Waals surface area (Å²) in [4.78, 5) is 0. The third-order valence-electron chi connectivity index (χ3n) is 3.53. The first-order valence-corrected chi connectivity index (χ1v) is 5.99. The molecule has 3 nitrogen and oxygen atoms in total. The van der Waals surface area contributed by atoms with Crippen LogP contribution in [0.15, 0.2) is 24.4 Å². The molecule has 0 unspecified atom stereocenters. The molecule has 0 amide bonds. The summed E-state index contributed by atoms with van der Waals surface area (Å²) in [6.45, 7) is 3.44. The molecule has 1 saturated heterocycles. The molecule has 16 heavy (non-hydrogen) atoms. The zero-order valence-corrected chi connectivity index (χ0v) is 9.53. The minimum Gasteiger partial charge on any atom is -0.310 e. The van der Waals surface area contributed by atoms with Crippen LogP contribution in [-0.4, -0.2) is 16.7 Å². The highest BCUT2D eigenvalue weighted by molar-refractivity contribution is 5.78. The van der Waals surface area contributed by atoms with Crippen LogP contribution in [-0.2, 0) is 0 Å². The van der Waals surface area contributed by atoms with Gasteiger partial charge in [-0.25, -0.2) is 0 Å². The van der Waals surface area contributed by atoms with Crippen LogP contribution in [0.5, 0.6) is 0 Å². The molecule has 2 aromatic rings. The number of H-pyrrole nitrogens is 1. The van der Waals surface area contributed by atoms with Gasteiger partial charge in [0.1, 0.15) is 0 Å². The van der Waals surface area contributed by atoms with Crippen LogP contribution in [0.4, 0.5) is 0 Å². The fourth-order valence-corrected chi connectivity index (χ4v) is 2.45. The lowest BCUT2D eigenvalue weighted by Crippen LogP contribution is -2.31. The van der Waals surface area contributed by atoms with Crippen LogP contribution in [0.1, 0.15) is 31.4 Å². The van der Waals surface area contributed by atoms with E-state index in [9.17, 15) is 0 Å². The summed E-state index contributed by atoms with van der Waals surface area (Å²) >= 11 is 0. The molecule has 1 aliphatic heterocycles. The van der Waals surface area contributed by atoms with Crippen molar-refractivity contribution in [3.05, 3.63) is 30.0 Å². The Morgan fingerprint density at radius 2 is 2.25 bits per heavy atom. The molecule has 3 heteroatoms. The Morgan fingerprint density at radius 1 is 1.31 bits per heavy atom. The molecule has 1 aromatic carbocycles. The van der Waals surface area contributed by atoms with Crippen LogP contribution in [0.3, 0.4) is 0 Å². The molecule has 2 atom stereocenters. The third kappa shape index (κ3) is 1.71. The molecular weight excluding hydrogens is 198 g/mol. The van der Waals surface area contributed by atoms with Crippen molar-refractivity contribution >= 4 is 10.9 Å². The van der Waals surface area contributed by atoms with Crippen molar-refractivity contribution in [3.8, 4) is 0 Å². The molecular formula is C13H17N3. The second kappa shape index (κ2) is 3.91. The van der Waals surface area contributed by atoms with E-state index in [4.69, 9.17) is 0 Å². The SMILES string of the molecule is C[C@H]1CC[C@H](c2ccc3cn[nH]c3c2)NC1. The van der Waals surface area contributed by atoms with Crippen molar-refractivity contribution in [3.63, 3.8) is 0 Å². The number of nitrogens with zero attached hydrogens (tertiary/aromatic N) is 1. The first kappa shape index (κ1) is 9.85. The minimum absolute atomic E-state index is 0.517. The molecule has 1 fully saturated rings. The van der Waals surface area contributed by atoms with E-state index in [1.165, 1.54) is 23.8 Å². The van der Waals surface area contributed by atoms with Gasteiger partial charge in [-0.2, -0.15) is 5.10 Å². The monoisotopic (exact) mass is 215 g/mol. The Labute approximate surface area is 95.2 Å². The van der Waals surface area contributed by atoms with Gasteiger partial charge in [-0.05, 0) is 36.9 Å². The highest BCUT2D eigenvalue weighted by atomic mass is 15.1. The van der Waals surface area contributed by atoms with Gasteiger partial charge >= 0.3 is 0 Å². The van der Waals surface area contributed by atoms with Gasteiger partial charge in [0, 0.05) is 11.4 Å². The molecule has 1 aromatic heterocycles. The average Bonchev–Trinajstić information content (AvgIpc) is 2.77. The number of piperidine rings is 1. The smallest absolute Gasteiger partial charge is 0.0653 e. The summed E-state index contributed by atoms with van der Waals surface area (Å²) in [6.07, 6.45) is 4.43. The number of hydrogen-bond acceptors (Lipinski definition) is 2. The first-order valence-electron chi connectivity index (χ1n) is 5.99. The average molecular weight is 215 g/mol. The number of aromatic nitrogens is 2. The molecule has 0 radical (unpaired) electrons. The molecule has 84 valence electrons. The Bertz CT molecular complexity index is 481. The van der Waals surface area contributed by atoms with Gasteiger partial charge < -0.3 is 5.32 Å². The summed E-state index contributed by atoms with van der Waals surface area (Å²) in [5, 5.41) is 11.9. The number of benzene rings is 1. The van der Waals surface area contributed by atoms with Gasteiger partial charge in [0.05, 0.1) is 11.7 Å². The molecule has 0 spiro atoms. The van der Waals surface area contributed by atoms with Gasteiger partial charge in [-0.1, -0.05) is 19.1 Å². The Balaban J connectivity index is 1.87. The van der Waals surface area contributed by atoms with E-state index in [0.29, 0.717) is 6.04 Å². The lowest BCUT2D eigenvalue weighted by atomic mass is 9.92. The molecule has 0 saturated carbocycles. The van der Waals surface area contributed by atoms with E-state index in [1.807, 2.05) is 6.20 Å². The molecule has 1 aliphatic rings. The summed E-state index contributed by atoms with van der Waals surface area (Å²) in [5.41, 5.74) is 2.52. The van der Waals surface area contributed by atoms with Crippen molar-refractivity contribution in [2.45, 2.75) is 25.8 Å². The number of hydrogen-bond donors (Lipinski definition) is 2. The van der Waals surface area contributed by atoms with Gasteiger partial charge in [0.25, 0.3) is 0 Å². The zero-order valence-electron chi connectivity index (χ0n) is 9.53. The van der Waals surface area contributed by atoms with Crippen LogP contribution >= 0.6 is 0 Å². The van der Waals surface area contributed by atoms with Crippen LogP contribution in [0, 0.1) is 5.92 Å². The van der Waals surface area contributed by atoms with Gasteiger partial charge in [0.2, 0.25) is 0 Å². The number of nitrogens with one attached hydrogen (secondary N) is 2. The topological polar surface area (TPSA) is 40.7 Å². The second-order valence-corrected chi connectivity index (χ2v) is 4.86. The summed E-state index contributed by atoms with van der Waals surface area (Å²) in [7, 11) is 0.